The SMILES string of the molecule is COCCOc1cc(NC(=O)CCc2ccccc2N)ccc1OC. The Bertz CT molecular complexity index is 704. The predicted octanol–water partition coefficient (Wildman–Crippen LogP) is 2.87. The van der Waals surface area contributed by atoms with Gasteiger partial charge in [0.25, 0.3) is 0 Å². The molecule has 0 atom stereocenters. The van der Waals surface area contributed by atoms with E-state index in [9.17, 15) is 4.79 Å². The molecule has 0 saturated carbocycles. The van der Waals surface area contributed by atoms with E-state index in [-0.39, 0.29) is 5.91 Å². The van der Waals surface area contributed by atoms with Gasteiger partial charge in [-0.2, -0.15) is 0 Å². The van der Waals surface area contributed by atoms with E-state index in [0.29, 0.717) is 48.9 Å². The van der Waals surface area contributed by atoms with Crippen molar-refractivity contribution in [2.75, 3.05) is 38.5 Å². The molecule has 0 unspecified atom stereocenters. The van der Waals surface area contributed by atoms with Crippen LogP contribution in [0.15, 0.2) is 42.5 Å². The molecule has 0 spiro atoms. The van der Waals surface area contributed by atoms with Crippen LogP contribution in [0, 0.1) is 0 Å². The summed E-state index contributed by atoms with van der Waals surface area (Å²) in [5, 5.41) is 2.87. The maximum absolute atomic E-state index is 12.2. The topological polar surface area (TPSA) is 82.8 Å². The van der Waals surface area contributed by atoms with Crippen molar-refractivity contribution in [1.82, 2.24) is 0 Å². The highest BCUT2D eigenvalue weighted by Gasteiger charge is 2.09. The lowest BCUT2D eigenvalue weighted by atomic mass is 10.1. The first-order valence-corrected chi connectivity index (χ1v) is 8.07. The molecule has 0 bridgehead atoms. The lowest BCUT2D eigenvalue weighted by Crippen LogP contribution is -2.13. The van der Waals surface area contributed by atoms with Gasteiger partial charge in [0.05, 0.1) is 13.7 Å². The number of benzene rings is 2. The van der Waals surface area contributed by atoms with E-state index in [1.807, 2.05) is 24.3 Å². The number of amides is 1. The number of hydrogen-bond donors (Lipinski definition) is 2. The van der Waals surface area contributed by atoms with Crippen LogP contribution in [0.2, 0.25) is 0 Å². The van der Waals surface area contributed by atoms with E-state index in [2.05, 4.69) is 5.32 Å². The van der Waals surface area contributed by atoms with Crippen LogP contribution in [0.5, 0.6) is 11.5 Å². The Morgan fingerprint density at radius 2 is 1.88 bits per heavy atom. The van der Waals surface area contributed by atoms with Crippen molar-refractivity contribution in [2.45, 2.75) is 12.8 Å². The number of para-hydroxylation sites is 1. The first-order chi connectivity index (χ1) is 12.1. The highest BCUT2D eigenvalue weighted by atomic mass is 16.5. The van der Waals surface area contributed by atoms with Crippen LogP contribution in [0.4, 0.5) is 11.4 Å². The minimum Gasteiger partial charge on any atom is -0.493 e. The summed E-state index contributed by atoms with van der Waals surface area (Å²) in [6.45, 7) is 0.871. The van der Waals surface area contributed by atoms with Crippen molar-refractivity contribution in [3.63, 3.8) is 0 Å². The van der Waals surface area contributed by atoms with E-state index in [1.54, 1.807) is 32.4 Å². The maximum Gasteiger partial charge on any atom is 0.224 e. The normalized spacial score (nSPS) is 10.3. The Labute approximate surface area is 147 Å². The average molecular weight is 344 g/mol. The molecule has 0 aliphatic rings. The number of anilines is 2. The van der Waals surface area contributed by atoms with Gasteiger partial charge >= 0.3 is 0 Å². The first-order valence-electron chi connectivity index (χ1n) is 8.07. The molecular weight excluding hydrogens is 320 g/mol. The summed E-state index contributed by atoms with van der Waals surface area (Å²) < 4.78 is 15.8. The van der Waals surface area contributed by atoms with E-state index >= 15 is 0 Å². The van der Waals surface area contributed by atoms with Gasteiger partial charge in [0.2, 0.25) is 5.91 Å². The van der Waals surface area contributed by atoms with E-state index in [1.165, 1.54) is 0 Å². The molecule has 0 radical (unpaired) electrons. The molecule has 0 fully saturated rings. The number of methoxy groups -OCH3 is 2. The summed E-state index contributed by atoms with van der Waals surface area (Å²) in [6.07, 6.45) is 0.936. The van der Waals surface area contributed by atoms with Crippen molar-refractivity contribution in [1.29, 1.82) is 0 Å². The first kappa shape index (κ1) is 18.6. The molecule has 134 valence electrons. The van der Waals surface area contributed by atoms with Crippen molar-refractivity contribution >= 4 is 17.3 Å². The second kappa shape index (κ2) is 9.54. The highest BCUT2D eigenvalue weighted by Crippen LogP contribution is 2.30. The smallest absolute Gasteiger partial charge is 0.224 e. The average Bonchev–Trinajstić information content (AvgIpc) is 2.61. The van der Waals surface area contributed by atoms with Gasteiger partial charge in [0.15, 0.2) is 11.5 Å². The Morgan fingerprint density at radius 3 is 2.60 bits per heavy atom. The molecule has 0 aliphatic heterocycles. The lowest BCUT2D eigenvalue weighted by molar-refractivity contribution is -0.116. The summed E-state index contributed by atoms with van der Waals surface area (Å²) in [6, 6.07) is 12.8. The molecule has 25 heavy (non-hydrogen) atoms. The van der Waals surface area contributed by atoms with Gasteiger partial charge in [-0.15, -0.1) is 0 Å². The van der Waals surface area contributed by atoms with Crippen LogP contribution in [0.1, 0.15) is 12.0 Å². The number of aryl methyl sites for hydroxylation is 1. The molecule has 6 heteroatoms. The predicted molar refractivity (Wildman–Crippen MR) is 98.2 cm³/mol. The number of hydrogen-bond acceptors (Lipinski definition) is 5. The highest BCUT2D eigenvalue weighted by molar-refractivity contribution is 5.91. The molecular formula is C19H24N2O4. The minimum atomic E-state index is -0.0868. The Balaban J connectivity index is 1.95. The number of rotatable bonds is 9. The van der Waals surface area contributed by atoms with Gasteiger partial charge in [-0.05, 0) is 30.2 Å². The van der Waals surface area contributed by atoms with Crippen LogP contribution in [-0.2, 0) is 16.0 Å². The van der Waals surface area contributed by atoms with Crippen LogP contribution >= 0.6 is 0 Å². The summed E-state index contributed by atoms with van der Waals surface area (Å²) in [5.41, 5.74) is 8.22. The third kappa shape index (κ3) is 5.69. The van der Waals surface area contributed by atoms with Crippen LogP contribution < -0.4 is 20.5 Å². The van der Waals surface area contributed by atoms with E-state index in [4.69, 9.17) is 19.9 Å². The molecule has 2 aromatic rings. The van der Waals surface area contributed by atoms with Crippen LogP contribution in [0.3, 0.4) is 0 Å². The summed E-state index contributed by atoms with van der Waals surface area (Å²) in [5.74, 6) is 1.08. The lowest BCUT2D eigenvalue weighted by Gasteiger charge is -2.13. The number of nitrogens with two attached hydrogens (primary N) is 1. The second-order valence-electron chi connectivity index (χ2n) is 5.45. The van der Waals surface area contributed by atoms with Crippen molar-refractivity contribution < 1.29 is 19.0 Å². The maximum atomic E-state index is 12.2. The molecule has 0 aliphatic carbocycles. The summed E-state index contributed by atoms with van der Waals surface area (Å²) >= 11 is 0. The van der Waals surface area contributed by atoms with Gasteiger partial charge in [0, 0.05) is 31.0 Å². The van der Waals surface area contributed by atoms with Gasteiger partial charge in [-0.1, -0.05) is 18.2 Å². The van der Waals surface area contributed by atoms with Crippen molar-refractivity contribution in [3.8, 4) is 11.5 Å². The molecule has 0 aromatic heterocycles. The Hall–Kier alpha value is -2.73. The number of nitrogen functional groups attached to an aromatic ring is 1. The van der Waals surface area contributed by atoms with Gasteiger partial charge in [-0.25, -0.2) is 0 Å². The molecule has 6 nitrogen and oxygen atoms in total. The third-order valence-corrected chi connectivity index (χ3v) is 3.67. The van der Waals surface area contributed by atoms with Gasteiger partial charge in [-0.3, -0.25) is 4.79 Å². The minimum absolute atomic E-state index is 0.0868. The Kier molecular flexibility index (Phi) is 7.10. The van der Waals surface area contributed by atoms with Gasteiger partial charge in [0.1, 0.15) is 6.61 Å². The number of carbonyl (C=O) groups is 1. The number of nitrogens with one attached hydrogen (secondary N) is 1. The van der Waals surface area contributed by atoms with Crippen molar-refractivity contribution in [3.05, 3.63) is 48.0 Å². The molecule has 1 amide bonds. The third-order valence-electron chi connectivity index (χ3n) is 3.67. The van der Waals surface area contributed by atoms with Crippen molar-refractivity contribution in [2.24, 2.45) is 0 Å². The quantitative estimate of drug-likeness (QED) is 0.540. The fraction of sp³-hybridized carbons (Fsp3) is 0.316. The fourth-order valence-corrected chi connectivity index (χ4v) is 2.34. The largest absolute Gasteiger partial charge is 0.493 e. The van der Waals surface area contributed by atoms with Crippen LogP contribution in [0.25, 0.3) is 0 Å². The molecule has 2 rings (SSSR count). The monoisotopic (exact) mass is 344 g/mol. The fourth-order valence-electron chi connectivity index (χ4n) is 2.34. The van der Waals surface area contributed by atoms with Crippen LogP contribution in [-0.4, -0.2) is 33.3 Å². The van der Waals surface area contributed by atoms with E-state index in [0.717, 1.165) is 5.56 Å². The van der Waals surface area contributed by atoms with Gasteiger partial charge < -0.3 is 25.3 Å². The molecule has 3 N–H and O–H groups in total. The van der Waals surface area contributed by atoms with E-state index < -0.39 is 0 Å². The standard InChI is InChI=1S/C19H24N2O4/c1-23-11-12-25-18-13-15(8-9-17(18)24-2)21-19(22)10-7-14-5-3-4-6-16(14)20/h3-6,8-9,13H,7,10-12,20H2,1-2H3,(H,21,22). The zero-order chi connectivity index (χ0) is 18.1. The molecule has 2 aromatic carbocycles. The number of ether oxygens (including phenoxy) is 3. The number of carbonyl (C=O) groups excluding carboxylic acids is 1. The second-order valence-corrected chi connectivity index (χ2v) is 5.45. The Morgan fingerprint density at radius 1 is 1.08 bits per heavy atom. The molecule has 0 heterocycles. The zero-order valence-corrected chi connectivity index (χ0v) is 14.6. The summed E-state index contributed by atoms with van der Waals surface area (Å²) in [4.78, 5) is 12.2. The zero-order valence-electron chi connectivity index (χ0n) is 14.6. The summed E-state index contributed by atoms with van der Waals surface area (Å²) in [7, 11) is 3.18. The molecule has 0 saturated heterocycles.